The molecule has 0 saturated heterocycles. The molecule has 2 N–H and O–H groups in total. The van der Waals surface area contributed by atoms with Crippen molar-refractivity contribution in [2.45, 2.75) is 13.0 Å². The highest BCUT2D eigenvalue weighted by Crippen LogP contribution is 2.15. The molecule has 3 rings (SSSR count). The quantitative estimate of drug-likeness (QED) is 0.684. The number of aromatic nitrogens is 2. The summed E-state index contributed by atoms with van der Waals surface area (Å²) in [6.45, 7) is 1.41. The van der Waals surface area contributed by atoms with Crippen LogP contribution in [-0.2, 0) is 9.53 Å². The molecule has 0 fully saturated rings. The van der Waals surface area contributed by atoms with Crippen LogP contribution in [0.1, 0.15) is 23.0 Å². The molecule has 0 aliphatic heterocycles. The Morgan fingerprint density at radius 3 is 2.67 bits per heavy atom. The van der Waals surface area contributed by atoms with Crippen LogP contribution in [0.3, 0.4) is 0 Å². The predicted molar refractivity (Wildman–Crippen MR) is 97.0 cm³/mol. The number of hydrogen-bond acceptors (Lipinski definition) is 6. The number of fused-ring (bicyclic) bond motifs is 1. The van der Waals surface area contributed by atoms with Crippen molar-refractivity contribution in [3.05, 3.63) is 70.1 Å². The Morgan fingerprint density at radius 2 is 1.93 bits per heavy atom. The summed E-state index contributed by atoms with van der Waals surface area (Å²) in [5, 5.41) is 18.1. The Labute approximate surface area is 153 Å². The number of anilines is 1. The standard InChI is InChI=1S/C19H14N4O4/c1-11(17(24)21-13-6-4-5-12(9-13)10-20)27-19(26)16-14-7-2-3-8-15(14)18(25)23-22-16/h2-9,11H,1H3,(H,21,24)(H,23,25). The third-order valence-electron chi connectivity index (χ3n) is 3.80. The number of rotatable bonds is 4. The third kappa shape index (κ3) is 3.82. The van der Waals surface area contributed by atoms with E-state index in [0.717, 1.165) is 0 Å². The minimum Gasteiger partial charge on any atom is -0.448 e. The summed E-state index contributed by atoms with van der Waals surface area (Å²) in [5.41, 5.74) is 0.289. The van der Waals surface area contributed by atoms with Gasteiger partial charge in [-0.15, -0.1) is 0 Å². The van der Waals surface area contributed by atoms with Crippen molar-refractivity contribution < 1.29 is 14.3 Å². The van der Waals surface area contributed by atoms with Crippen LogP contribution in [0.5, 0.6) is 0 Å². The summed E-state index contributed by atoms with van der Waals surface area (Å²) < 4.78 is 5.17. The lowest BCUT2D eigenvalue weighted by Crippen LogP contribution is -2.30. The molecule has 1 amide bonds. The van der Waals surface area contributed by atoms with Crippen LogP contribution in [0, 0.1) is 11.3 Å². The minimum absolute atomic E-state index is 0.0867. The van der Waals surface area contributed by atoms with E-state index >= 15 is 0 Å². The number of nitrogens with zero attached hydrogens (tertiary/aromatic N) is 2. The van der Waals surface area contributed by atoms with Gasteiger partial charge in [0.15, 0.2) is 11.8 Å². The topological polar surface area (TPSA) is 125 Å². The van der Waals surface area contributed by atoms with Crippen LogP contribution in [-0.4, -0.2) is 28.2 Å². The molecule has 1 atom stereocenters. The van der Waals surface area contributed by atoms with Gasteiger partial charge in [-0.2, -0.15) is 10.4 Å². The largest absolute Gasteiger partial charge is 0.448 e. The van der Waals surface area contributed by atoms with Crippen molar-refractivity contribution in [3.63, 3.8) is 0 Å². The molecule has 0 bridgehead atoms. The maximum atomic E-state index is 12.4. The van der Waals surface area contributed by atoms with Crippen LogP contribution in [0.15, 0.2) is 53.3 Å². The molecule has 0 saturated carbocycles. The van der Waals surface area contributed by atoms with Crippen LogP contribution >= 0.6 is 0 Å². The Bertz CT molecular complexity index is 1130. The normalized spacial score (nSPS) is 11.4. The molecule has 8 heteroatoms. The Balaban J connectivity index is 1.76. The number of hydrogen-bond donors (Lipinski definition) is 2. The summed E-state index contributed by atoms with van der Waals surface area (Å²) in [6, 6.07) is 14.8. The number of carbonyl (C=O) groups is 2. The van der Waals surface area contributed by atoms with Crippen LogP contribution < -0.4 is 10.9 Å². The zero-order valence-corrected chi connectivity index (χ0v) is 14.2. The second-order valence-electron chi connectivity index (χ2n) is 5.68. The first kappa shape index (κ1) is 17.8. The smallest absolute Gasteiger partial charge is 0.360 e. The number of amides is 1. The van der Waals surface area contributed by atoms with Gasteiger partial charge >= 0.3 is 5.97 Å². The fourth-order valence-electron chi connectivity index (χ4n) is 2.45. The molecule has 0 spiro atoms. The highest BCUT2D eigenvalue weighted by molar-refractivity contribution is 6.03. The first-order valence-corrected chi connectivity index (χ1v) is 7.99. The maximum absolute atomic E-state index is 12.4. The van der Waals surface area contributed by atoms with Gasteiger partial charge in [-0.3, -0.25) is 9.59 Å². The van der Waals surface area contributed by atoms with Crippen molar-refractivity contribution in [1.29, 1.82) is 5.26 Å². The fourth-order valence-corrected chi connectivity index (χ4v) is 2.45. The predicted octanol–water partition coefficient (Wildman–Crippen LogP) is 1.98. The van der Waals surface area contributed by atoms with E-state index in [1.165, 1.54) is 13.0 Å². The van der Waals surface area contributed by atoms with Gasteiger partial charge in [0.2, 0.25) is 0 Å². The van der Waals surface area contributed by atoms with E-state index in [1.807, 2.05) is 6.07 Å². The highest BCUT2D eigenvalue weighted by atomic mass is 16.5. The molecule has 1 heterocycles. The van der Waals surface area contributed by atoms with Gasteiger partial charge < -0.3 is 10.1 Å². The van der Waals surface area contributed by atoms with Crippen molar-refractivity contribution in [2.24, 2.45) is 0 Å². The number of benzene rings is 2. The van der Waals surface area contributed by atoms with E-state index in [0.29, 0.717) is 22.0 Å². The molecule has 8 nitrogen and oxygen atoms in total. The molecule has 3 aromatic rings. The first-order chi connectivity index (χ1) is 13.0. The molecule has 2 aromatic carbocycles. The Kier molecular flexibility index (Phi) is 4.95. The van der Waals surface area contributed by atoms with E-state index in [2.05, 4.69) is 15.5 Å². The summed E-state index contributed by atoms with van der Waals surface area (Å²) >= 11 is 0. The SMILES string of the molecule is CC(OC(=O)c1n[nH]c(=O)c2ccccc12)C(=O)Nc1cccc(C#N)c1. The molecule has 0 aliphatic rings. The van der Waals surface area contributed by atoms with Crippen molar-refractivity contribution in [1.82, 2.24) is 10.2 Å². The monoisotopic (exact) mass is 362 g/mol. The first-order valence-electron chi connectivity index (χ1n) is 7.99. The number of nitriles is 1. The number of carbonyl (C=O) groups excluding carboxylic acids is 2. The molecule has 134 valence electrons. The number of esters is 1. The summed E-state index contributed by atoms with van der Waals surface area (Å²) in [4.78, 5) is 36.4. The Morgan fingerprint density at radius 1 is 1.19 bits per heavy atom. The fraction of sp³-hybridized carbons (Fsp3) is 0.105. The molecule has 1 unspecified atom stereocenters. The van der Waals surface area contributed by atoms with Crippen LogP contribution in [0.25, 0.3) is 10.8 Å². The average Bonchev–Trinajstić information content (AvgIpc) is 2.68. The van der Waals surface area contributed by atoms with Gasteiger partial charge in [0, 0.05) is 11.1 Å². The van der Waals surface area contributed by atoms with E-state index in [4.69, 9.17) is 10.00 Å². The van der Waals surface area contributed by atoms with E-state index in [-0.39, 0.29) is 5.69 Å². The van der Waals surface area contributed by atoms with Crippen molar-refractivity contribution >= 4 is 28.3 Å². The summed E-state index contributed by atoms with van der Waals surface area (Å²) in [5.74, 6) is -1.40. The van der Waals surface area contributed by atoms with Gasteiger partial charge in [-0.05, 0) is 31.2 Å². The van der Waals surface area contributed by atoms with E-state index in [1.54, 1.807) is 42.5 Å². The maximum Gasteiger partial charge on any atom is 0.360 e. The van der Waals surface area contributed by atoms with Crippen molar-refractivity contribution in [3.8, 4) is 6.07 Å². The minimum atomic E-state index is -1.12. The van der Waals surface area contributed by atoms with Gasteiger partial charge in [0.05, 0.1) is 17.0 Å². The number of aromatic amines is 1. The average molecular weight is 362 g/mol. The van der Waals surface area contributed by atoms with E-state index < -0.39 is 23.5 Å². The van der Waals surface area contributed by atoms with Crippen LogP contribution in [0.2, 0.25) is 0 Å². The number of nitrogens with one attached hydrogen (secondary N) is 2. The molecule has 1 aromatic heterocycles. The van der Waals surface area contributed by atoms with Gasteiger partial charge in [0.25, 0.3) is 11.5 Å². The van der Waals surface area contributed by atoms with E-state index in [9.17, 15) is 14.4 Å². The van der Waals surface area contributed by atoms with Gasteiger partial charge in [-0.1, -0.05) is 24.3 Å². The number of ether oxygens (including phenoxy) is 1. The lowest BCUT2D eigenvalue weighted by molar-refractivity contribution is -0.123. The molecular weight excluding hydrogens is 348 g/mol. The van der Waals surface area contributed by atoms with Crippen molar-refractivity contribution in [2.75, 3.05) is 5.32 Å². The number of H-pyrrole nitrogens is 1. The zero-order valence-electron chi connectivity index (χ0n) is 14.2. The lowest BCUT2D eigenvalue weighted by Gasteiger charge is -2.14. The highest BCUT2D eigenvalue weighted by Gasteiger charge is 2.22. The third-order valence-corrected chi connectivity index (χ3v) is 3.80. The second kappa shape index (κ2) is 7.49. The zero-order chi connectivity index (χ0) is 19.4. The lowest BCUT2D eigenvalue weighted by atomic mass is 10.1. The van der Waals surface area contributed by atoms with Gasteiger partial charge in [-0.25, -0.2) is 9.89 Å². The Hall–Kier alpha value is -3.99. The summed E-state index contributed by atoms with van der Waals surface area (Å²) in [7, 11) is 0. The molecular formula is C19H14N4O4. The molecule has 27 heavy (non-hydrogen) atoms. The second-order valence-corrected chi connectivity index (χ2v) is 5.68. The van der Waals surface area contributed by atoms with Gasteiger partial charge in [0.1, 0.15) is 0 Å². The van der Waals surface area contributed by atoms with Crippen LogP contribution in [0.4, 0.5) is 5.69 Å². The molecule has 0 radical (unpaired) electrons. The molecule has 0 aliphatic carbocycles. The summed E-state index contributed by atoms with van der Waals surface area (Å²) in [6.07, 6.45) is -1.12.